The lowest BCUT2D eigenvalue weighted by atomic mass is 10.2. The summed E-state index contributed by atoms with van der Waals surface area (Å²) in [7, 11) is 0. The normalized spacial score (nSPS) is 11.5. The molecular formula is C12H17N4O7-. The molecule has 0 bridgehead atoms. The van der Waals surface area contributed by atoms with Crippen molar-refractivity contribution in [2.75, 3.05) is 18.4 Å². The molecule has 0 aliphatic rings. The second kappa shape index (κ2) is 8.70. The minimum absolute atomic E-state index is 0.0499. The molecule has 128 valence electrons. The molecule has 1 amide bonds. The summed E-state index contributed by atoms with van der Waals surface area (Å²) in [6.45, 7) is 3.32. The highest BCUT2D eigenvalue weighted by Crippen LogP contribution is 2.13. The number of anilines is 1. The van der Waals surface area contributed by atoms with Crippen LogP contribution in [0.15, 0.2) is 6.33 Å². The Kier molecular flexibility index (Phi) is 6.96. The van der Waals surface area contributed by atoms with Crippen molar-refractivity contribution in [2.45, 2.75) is 26.3 Å². The largest absolute Gasteiger partial charge is 0.732 e. The number of hydrogen-bond donors (Lipinski definition) is 3. The molecule has 0 aliphatic carbocycles. The Hall–Kier alpha value is -2.66. The van der Waals surface area contributed by atoms with Crippen molar-refractivity contribution in [1.29, 1.82) is 0 Å². The third-order valence-electron chi connectivity index (χ3n) is 2.58. The van der Waals surface area contributed by atoms with Gasteiger partial charge in [-0.25, -0.2) is 9.78 Å². The first-order valence-corrected chi connectivity index (χ1v) is 6.73. The number of H-pyrrole nitrogens is 1. The zero-order valence-corrected chi connectivity index (χ0v) is 12.6. The fourth-order valence-electron chi connectivity index (χ4n) is 1.65. The number of imidazole rings is 1. The van der Waals surface area contributed by atoms with Crippen LogP contribution in [0.1, 0.15) is 30.8 Å². The van der Waals surface area contributed by atoms with Crippen molar-refractivity contribution >= 4 is 23.7 Å². The van der Waals surface area contributed by atoms with Crippen LogP contribution in [0, 0.1) is 5.21 Å². The summed E-state index contributed by atoms with van der Waals surface area (Å²) in [5.74, 6) is -3.04. The highest BCUT2D eigenvalue weighted by molar-refractivity contribution is 5.99. The molecule has 23 heavy (non-hydrogen) atoms. The molecule has 1 atom stereocenters. The van der Waals surface area contributed by atoms with Gasteiger partial charge >= 0.3 is 11.9 Å². The molecule has 0 spiro atoms. The molecule has 11 nitrogen and oxygen atoms in total. The Balaban J connectivity index is 2.86. The maximum Gasteiger partial charge on any atom is 0.329 e. The first-order valence-electron chi connectivity index (χ1n) is 6.73. The van der Waals surface area contributed by atoms with Gasteiger partial charge in [0.2, 0.25) is 0 Å². The van der Waals surface area contributed by atoms with Gasteiger partial charge in [-0.2, -0.15) is 0 Å². The van der Waals surface area contributed by atoms with Crippen LogP contribution >= 0.6 is 0 Å². The number of ether oxygens (including phenoxy) is 2. The maximum absolute atomic E-state index is 12.1. The van der Waals surface area contributed by atoms with E-state index in [1.165, 1.54) is 0 Å². The number of carbonyl (C=O) groups excluding carboxylic acids is 3. The molecule has 0 saturated carbocycles. The van der Waals surface area contributed by atoms with Gasteiger partial charge in [0.1, 0.15) is 11.7 Å². The van der Waals surface area contributed by atoms with E-state index in [2.05, 4.69) is 15.3 Å². The number of hydrogen-bond acceptors (Lipinski definition) is 9. The lowest BCUT2D eigenvalue weighted by Crippen LogP contribution is -2.44. The predicted octanol–water partition coefficient (Wildman–Crippen LogP) is -0.282. The fourth-order valence-corrected chi connectivity index (χ4v) is 1.65. The number of carbonyl (C=O) groups is 3. The quantitative estimate of drug-likeness (QED) is 0.431. The first-order chi connectivity index (χ1) is 10.9. The summed E-state index contributed by atoms with van der Waals surface area (Å²) >= 11 is 0. The monoisotopic (exact) mass is 329 g/mol. The van der Waals surface area contributed by atoms with E-state index in [9.17, 15) is 19.6 Å². The van der Waals surface area contributed by atoms with Crippen molar-refractivity contribution < 1.29 is 29.1 Å². The van der Waals surface area contributed by atoms with Gasteiger partial charge in [0.05, 0.1) is 26.0 Å². The molecule has 11 heteroatoms. The minimum Gasteiger partial charge on any atom is -0.732 e. The van der Waals surface area contributed by atoms with E-state index in [0.717, 1.165) is 6.33 Å². The van der Waals surface area contributed by atoms with Gasteiger partial charge in [-0.1, -0.05) is 0 Å². The number of aromatic nitrogens is 2. The van der Waals surface area contributed by atoms with Gasteiger partial charge in [-0.3, -0.25) is 14.8 Å². The maximum atomic E-state index is 12.1. The van der Waals surface area contributed by atoms with E-state index in [1.54, 1.807) is 13.8 Å². The van der Waals surface area contributed by atoms with Crippen molar-refractivity contribution in [3.63, 3.8) is 0 Å². The summed E-state index contributed by atoms with van der Waals surface area (Å²) in [6, 6.07) is -1.31. The molecule has 0 fully saturated rings. The molecule has 1 aromatic rings. The summed E-state index contributed by atoms with van der Waals surface area (Å²) in [4.78, 5) is 41.2. The molecular weight excluding hydrogens is 312 g/mol. The van der Waals surface area contributed by atoms with Crippen LogP contribution in [0.2, 0.25) is 0 Å². The third kappa shape index (κ3) is 5.23. The summed E-state index contributed by atoms with van der Waals surface area (Å²) in [5.41, 5.74) is -0.374. The number of aromatic amines is 1. The van der Waals surface area contributed by atoms with Gasteiger partial charge in [-0.05, 0) is 13.8 Å². The lowest BCUT2D eigenvalue weighted by molar-refractivity contribution is -0.152. The van der Waals surface area contributed by atoms with Crippen LogP contribution < -0.4 is 10.5 Å². The average Bonchev–Trinajstić information content (AvgIpc) is 2.96. The standard InChI is InChI=1S/C12H17N4O7/c1-3-22-8(17)5-7(12(19)23-4-2)15-11(18)9-10(16(20)21)14-6-13-9/h6-7,20H,3-5H2,1-2H3,(H,13,14)(H,15,18)/q-1. The topological polar surface area (TPSA) is 157 Å². The van der Waals surface area contributed by atoms with Gasteiger partial charge in [0.25, 0.3) is 5.91 Å². The molecule has 1 heterocycles. The molecule has 1 rings (SSSR count). The number of nitrogens with one attached hydrogen (secondary N) is 2. The van der Waals surface area contributed by atoms with E-state index < -0.39 is 41.4 Å². The van der Waals surface area contributed by atoms with Crippen LogP contribution in [0.3, 0.4) is 0 Å². The molecule has 1 unspecified atom stereocenters. The zero-order chi connectivity index (χ0) is 17.4. The second-order valence-corrected chi connectivity index (χ2v) is 4.16. The van der Waals surface area contributed by atoms with Crippen LogP contribution in [-0.4, -0.2) is 52.3 Å². The number of amides is 1. The van der Waals surface area contributed by atoms with Crippen molar-refractivity contribution in [1.82, 2.24) is 15.3 Å². The minimum atomic E-state index is -1.31. The van der Waals surface area contributed by atoms with Crippen molar-refractivity contribution in [3.05, 3.63) is 17.2 Å². The Labute approximate surface area is 131 Å². The SMILES string of the molecule is CCOC(=O)CC(NC(=O)c1[nH]cnc1N([O-])O)C(=O)OCC. The predicted molar refractivity (Wildman–Crippen MR) is 75.4 cm³/mol. The lowest BCUT2D eigenvalue weighted by Gasteiger charge is -2.21. The molecule has 0 radical (unpaired) electrons. The van der Waals surface area contributed by atoms with E-state index in [0.29, 0.717) is 0 Å². The summed E-state index contributed by atoms with van der Waals surface area (Å²) in [5, 5.41) is 21.3. The van der Waals surface area contributed by atoms with Gasteiger partial charge in [0, 0.05) is 0 Å². The number of rotatable bonds is 8. The van der Waals surface area contributed by atoms with E-state index in [1.807, 2.05) is 0 Å². The fraction of sp³-hybridized carbons (Fsp3) is 0.500. The third-order valence-corrected chi connectivity index (χ3v) is 2.58. The zero-order valence-electron chi connectivity index (χ0n) is 12.6. The van der Waals surface area contributed by atoms with Gasteiger partial charge in [-0.15, -0.1) is 0 Å². The molecule has 0 aliphatic heterocycles. The van der Waals surface area contributed by atoms with Gasteiger partial charge in [0.15, 0.2) is 5.82 Å². The Morgan fingerprint density at radius 2 is 2.04 bits per heavy atom. The highest BCUT2D eigenvalue weighted by atomic mass is 16.8. The Bertz CT molecular complexity index is 557. The van der Waals surface area contributed by atoms with Crippen LogP contribution in [0.5, 0.6) is 0 Å². The smallest absolute Gasteiger partial charge is 0.329 e. The van der Waals surface area contributed by atoms with Crippen LogP contribution in [0.25, 0.3) is 0 Å². The van der Waals surface area contributed by atoms with Crippen molar-refractivity contribution in [3.8, 4) is 0 Å². The summed E-state index contributed by atoms with van der Waals surface area (Å²) in [6.07, 6.45) is 0.568. The summed E-state index contributed by atoms with van der Waals surface area (Å²) < 4.78 is 9.49. The van der Waals surface area contributed by atoms with Crippen molar-refractivity contribution in [2.24, 2.45) is 0 Å². The van der Waals surface area contributed by atoms with E-state index in [-0.39, 0.29) is 18.9 Å². The number of nitrogens with zero attached hydrogens (tertiary/aromatic N) is 2. The molecule has 1 aromatic heterocycles. The van der Waals surface area contributed by atoms with E-state index in [4.69, 9.17) is 14.7 Å². The molecule has 0 aromatic carbocycles. The van der Waals surface area contributed by atoms with Crippen LogP contribution in [-0.2, 0) is 19.1 Å². The second-order valence-electron chi connectivity index (χ2n) is 4.16. The number of esters is 2. The first kappa shape index (κ1) is 18.4. The molecule has 3 N–H and O–H groups in total. The Morgan fingerprint density at radius 3 is 2.61 bits per heavy atom. The highest BCUT2D eigenvalue weighted by Gasteiger charge is 2.28. The Morgan fingerprint density at radius 1 is 1.39 bits per heavy atom. The average molecular weight is 329 g/mol. The molecule has 0 saturated heterocycles. The van der Waals surface area contributed by atoms with E-state index >= 15 is 0 Å². The van der Waals surface area contributed by atoms with Crippen LogP contribution in [0.4, 0.5) is 5.82 Å². The van der Waals surface area contributed by atoms with Gasteiger partial charge < -0.3 is 30.2 Å².